The van der Waals surface area contributed by atoms with Crippen molar-refractivity contribution in [2.45, 2.75) is 8.86 Å². The Morgan fingerprint density at radius 2 is 1.64 bits per heavy atom. The number of aromatic nitrogens is 1. The number of halogens is 3. The topological polar surface area (TPSA) is 12.9 Å². The van der Waals surface area contributed by atoms with Crippen molar-refractivity contribution in [1.29, 1.82) is 0 Å². The Morgan fingerprint density at radius 1 is 1.18 bits per heavy atom. The number of hydrogen-bond acceptors (Lipinski definition) is 1. The molecule has 0 aliphatic carbocycles. The zero-order valence-corrected chi connectivity index (χ0v) is 11.6. The molecule has 11 heavy (non-hydrogen) atoms. The van der Waals surface area contributed by atoms with Crippen LogP contribution in [0.2, 0.25) is 0 Å². The fraction of sp³-hybridized carbons (Fsp3) is 0.286. The van der Waals surface area contributed by atoms with Crippen molar-refractivity contribution >= 4 is 61.1 Å². The van der Waals surface area contributed by atoms with Crippen LogP contribution in [0.1, 0.15) is 11.4 Å². The van der Waals surface area contributed by atoms with Crippen molar-refractivity contribution in [2.24, 2.45) is 0 Å². The third kappa shape index (κ3) is 3.14. The highest BCUT2D eigenvalue weighted by molar-refractivity contribution is 14.1. The zero-order valence-electron chi connectivity index (χ0n) is 5.65. The highest BCUT2D eigenvalue weighted by atomic mass is 127. The van der Waals surface area contributed by atoms with Crippen LogP contribution >= 0.6 is 61.1 Å². The molecule has 0 fully saturated rings. The summed E-state index contributed by atoms with van der Waals surface area (Å²) < 4.78 is 3.08. The van der Waals surface area contributed by atoms with E-state index in [1.807, 2.05) is 0 Å². The number of pyridine rings is 1. The first-order valence-corrected chi connectivity index (χ1v) is 6.88. The predicted octanol–water partition coefficient (Wildman–Crippen LogP) is 3.71. The van der Waals surface area contributed by atoms with Gasteiger partial charge < -0.3 is 0 Å². The monoisotopic (exact) mass is 437 g/mol. The molecule has 1 heterocycles. The van der Waals surface area contributed by atoms with Gasteiger partial charge in [0.1, 0.15) is 0 Å². The molecular formula is C7H6BrI2N. The molecular weight excluding hydrogens is 432 g/mol. The maximum Gasteiger partial charge on any atom is 0.0515 e. The van der Waals surface area contributed by atoms with Gasteiger partial charge in [0.15, 0.2) is 0 Å². The molecule has 0 amide bonds. The lowest BCUT2D eigenvalue weighted by Crippen LogP contribution is -1.90. The largest absolute Gasteiger partial charge is 0.256 e. The molecule has 0 N–H and O–H groups in total. The van der Waals surface area contributed by atoms with Crippen LogP contribution in [0.4, 0.5) is 0 Å². The Labute approximate surface area is 102 Å². The number of rotatable bonds is 2. The number of hydrogen-bond donors (Lipinski definition) is 0. The van der Waals surface area contributed by atoms with E-state index in [1.54, 1.807) is 0 Å². The van der Waals surface area contributed by atoms with Crippen LogP contribution in [-0.4, -0.2) is 4.98 Å². The molecule has 1 rings (SSSR count). The van der Waals surface area contributed by atoms with Crippen molar-refractivity contribution in [3.8, 4) is 0 Å². The maximum atomic E-state index is 4.43. The van der Waals surface area contributed by atoms with Crippen LogP contribution in [0, 0.1) is 0 Å². The molecule has 0 saturated carbocycles. The van der Waals surface area contributed by atoms with Gasteiger partial charge in [0.2, 0.25) is 0 Å². The third-order valence-corrected chi connectivity index (χ3v) is 3.19. The minimum Gasteiger partial charge on any atom is -0.256 e. The molecule has 0 bridgehead atoms. The van der Waals surface area contributed by atoms with Crippen LogP contribution < -0.4 is 0 Å². The van der Waals surface area contributed by atoms with Crippen LogP contribution in [0.25, 0.3) is 0 Å². The summed E-state index contributed by atoms with van der Waals surface area (Å²) in [5, 5.41) is 0. The molecule has 0 aromatic carbocycles. The van der Waals surface area contributed by atoms with Crippen LogP contribution in [0.15, 0.2) is 16.6 Å². The molecule has 1 nitrogen and oxygen atoms in total. The summed E-state index contributed by atoms with van der Waals surface area (Å²) in [6, 6.07) is 4.12. The van der Waals surface area contributed by atoms with Gasteiger partial charge in [-0.1, -0.05) is 61.1 Å². The van der Waals surface area contributed by atoms with Gasteiger partial charge in [0, 0.05) is 13.3 Å². The first kappa shape index (κ1) is 10.2. The SMILES string of the molecule is Brc1cc(CI)nc(CI)c1. The van der Waals surface area contributed by atoms with E-state index in [1.165, 1.54) is 0 Å². The first-order valence-electron chi connectivity index (χ1n) is 3.03. The van der Waals surface area contributed by atoms with E-state index in [4.69, 9.17) is 0 Å². The van der Waals surface area contributed by atoms with E-state index in [9.17, 15) is 0 Å². The predicted molar refractivity (Wildman–Crippen MR) is 67.4 cm³/mol. The lowest BCUT2D eigenvalue weighted by molar-refractivity contribution is 1.10. The second kappa shape index (κ2) is 4.96. The van der Waals surface area contributed by atoms with Gasteiger partial charge in [-0.15, -0.1) is 0 Å². The molecule has 4 heteroatoms. The summed E-state index contributed by atoms with van der Waals surface area (Å²) in [7, 11) is 0. The summed E-state index contributed by atoms with van der Waals surface area (Å²) in [6.07, 6.45) is 0. The van der Waals surface area contributed by atoms with Crippen LogP contribution in [0.3, 0.4) is 0 Å². The van der Waals surface area contributed by atoms with Crippen molar-refractivity contribution in [1.82, 2.24) is 4.98 Å². The first-order chi connectivity index (χ1) is 5.26. The van der Waals surface area contributed by atoms with E-state index in [0.717, 1.165) is 24.7 Å². The average molecular weight is 438 g/mol. The lowest BCUT2D eigenvalue weighted by Gasteiger charge is -1.99. The fourth-order valence-electron chi connectivity index (χ4n) is 0.746. The van der Waals surface area contributed by atoms with Crippen molar-refractivity contribution in [3.05, 3.63) is 28.0 Å². The Balaban J connectivity index is 3.02. The standard InChI is InChI=1S/C7H6BrI2N/c8-5-1-6(3-9)11-7(2-5)4-10/h1-2H,3-4H2. The molecule has 0 saturated heterocycles. The normalized spacial score (nSPS) is 10.1. The van der Waals surface area contributed by atoms with Gasteiger partial charge in [-0.3, -0.25) is 4.98 Å². The van der Waals surface area contributed by atoms with Crippen LogP contribution in [-0.2, 0) is 8.86 Å². The van der Waals surface area contributed by atoms with E-state index in [0.29, 0.717) is 0 Å². The van der Waals surface area contributed by atoms with Crippen LogP contribution in [0.5, 0.6) is 0 Å². The Morgan fingerprint density at radius 3 is 2.00 bits per heavy atom. The second-order valence-corrected chi connectivity index (χ2v) is 4.48. The van der Waals surface area contributed by atoms with Gasteiger partial charge in [-0.05, 0) is 12.1 Å². The molecule has 1 aromatic heterocycles. The van der Waals surface area contributed by atoms with Gasteiger partial charge in [0.05, 0.1) is 11.4 Å². The van der Waals surface area contributed by atoms with E-state index >= 15 is 0 Å². The minimum absolute atomic E-state index is 0.973. The molecule has 0 radical (unpaired) electrons. The van der Waals surface area contributed by atoms with Crippen molar-refractivity contribution in [3.63, 3.8) is 0 Å². The van der Waals surface area contributed by atoms with E-state index in [-0.39, 0.29) is 0 Å². The van der Waals surface area contributed by atoms with Gasteiger partial charge in [0.25, 0.3) is 0 Å². The van der Waals surface area contributed by atoms with Crippen molar-refractivity contribution in [2.75, 3.05) is 0 Å². The van der Waals surface area contributed by atoms with E-state index in [2.05, 4.69) is 78.2 Å². The molecule has 0 aliphatic rings. The van der Waals surface area contributed by atoms with E-state index < -0.39 is 0 Å². The number of nitrogens with zero attached hydrogens (tertiary/aromatic N) is 1. The molecule has 0 unspecified atom stereocenters. The van der Waals surface area contributed by atoms with Gasteiger partial charge in [-0.25, -0.2) is 0 Å². The fourth-order valence-corrected chi connectivity index (χ4v) is 2.06. The summed E-state index contributed by atoms with van der Waals surface area (Å²) in [6.45, 7) is 0. The Hall–Kier alpha value is 1.09. The Bertz CT molecular complexity index is 230. The quantitative estimate of drug-likeness (QED) is 0.508. The number of alkyl halides is 2. The summed E-state index contributed by atoms with van der Waals surface area (Å²) in [4.78, 5) is 4.43. The minimum atomic E-state index is 0.973. The smallest absolute Gasteiger partial charge is 0.0515 e. The third-order valence-electron chi connectivity index (χ3n) is 1.17. The Kier molecular flexibility index (Phi) is 4.59. The average Bonchev–Trinajstić information content (AvgIpc) is 2.03. The zero-order chi connectivity index (χ0) is 8.27. The summed E-state index contributed by atoms with van der Waals surface area (Å²) in [5.74, 6) is 0. The summed E-state index contributed by atoms with van der Waals surface area (Å²) >= 11 is 8.08. The maximum absolute atomic E-state index is 4.43. The summed E-state index contributed by atoms with van der Waals surface area (Å²) in [5.41, 5.74) is 2.29. The van der Waals surface area contributed by atoms with Gasteiger partial charge in [-0.2, -0.15) is 0 Å². The molecule has 0 spiro atoms. The van der Waals surface area contributed by atoms with Gasteiger partial charge >= 0.3 is 0 Å². The molecule has 0 atom stereocenters. The molecule has 60 valence electrons. The molecule has 1 aromatic rings. The molecule has 0 aliphatic heterocycles. The second-order valence-electron chi connectivity index (χ2n) is 2.04. The van der Waals surface area contributed by atoms with Crippen molar-refractivity contribution < 1.29 is 0 Å². The highest BCUT2D eigenvalue weighted by Crippen LogP contribution is 2.16. The lowest BCUT2D eigenvalue weighted by atomic mass is 10.3. The highest BCUT2D eigenvalue weighted by Gasteiger charge is 1.97.